The molecule has 1 saturated heterocycles. The Bertz CT molecular complexity index is 790. The standard InChI is InChI=1S/C23H28N2O/c26-19-5-4-18-15-22-20-3-1-2-9-23(20,21(18)16-19)10-14-25(22)13-8-17-6-11-24-12-7-17/h4-7,11-12,16,20,22,26H,1-3,8-10,13-15H2/t20-,22-,23-/m0/s1. The van der Waals surface area contributed by atoms with Gasteiger partial charge >= 0.3 is 0 Å². The predicted molar refractivity (Wildman–Crippen MR) is 103 cm³/mol. The first-order chi connectivity index (χ1) is 12.8. The van der Waals surface area contributed by atoms with Gasteiger partial charge in [0, 0.05) is 30.4 Å². The van der Waals surface area contributed by atoms with Gasteiger partial charge in [-0.2, -0.15) is 0 Å². The number of hydrogen-bond donors (Lipinski definition) is 1. The highest BCUT2D eigenvalue weighted by Crippen LogP contribution is 2.56. The lowest BCUT2D eigenvalue weighted by atomic mass is 9.52. The Labute approximate surface area is 156 Å². The summed E-state index contributed by atoms with van der Waals surface area (Å²) in [4.78, 5) is 6.91. The SMILES string of the molecule is Oc1ccc2c(c1)[C@]13CCCC[C@H]1[C@H](C2)N(CCc1ccncc1)CC3. The molecule has 2 aromatic rings. The number of likely N-dealkylation sites (tertiary alicyclic amines) is 1. The number of rotatable bonds is 3. The molecule has 2 bridgehead atoms. The van der Waals surface area contributed by atoms with Crippen molar-refractivity contribution in [2.45, 2.75) is 56.4 Å². The number of phenolic OH excluding ortho intramolecular Hbond substituents is 1. The van der Waals surface area contributed by atoms with E-state index in [0.29, 0.717) is 17.2 Å². The first kappa shape index (κ1) is 16.3. The maximum Gasteiger partial charge on any atom is 0.115 e. The van der Waals surface area contributed by atoms with E-state index in [9.17, 15) is 5.11 Å². The number of benzene rings is 1. The van der Waals surface area contributed by atoms with Gasteiger partial charge in [0.1, 0.15) is 5.75 Å². The third-order valence-corrected chi connectivity index (χ3v) is 7.37. The molecule has 0 spiro atoms. The van der Waals surface area contributed by atoms with Crippen LogP contribution >= 0.6 is 0 Å². The summed E-state index contributed by atoms with van der Waals surface area (Å²) < 4.78 is 0. The largest absolute Gasteiger partial charge is 0.508 e. The zero-order valence-corrected chi connectivity index (χ0v) is 15.4. The van der Waals surface area contributed by atoms with Crippen LogP contribution in [0.2, 0.25) is 0 Å². The number of piperidine rings is 1. The van der Waals surface area contributed by atoms with Crippen molar-refractivity contribution in [1.29, 1.82) is 0 Å². The molecule has 3 nitrogen and oxygen atoms in total. The highest BCUT2D eigenvalue weighted by molar-refractivity contribution is 5.45. The number of nitrogens with zero attached hydrogens (tertiary/aromatic N) is 2. The summed E-state index contributed by atoms with van der Waals surface area (Å²) in [6, 6.07) is 11.1. The number of phenols is 1. The molecule has 3 aliphatic rings. The molecule has 1 N–H and O–H groups in total. The highest BCUT2D eigenvalue weighted by atomic mass is 16.3. The van der Waals surface area contributed by atoms with Crippen molar-refractivity contribution in [3.05, 3.63) is 59.4 Å². The van der Waals surface area contributed by atoms with Crippen LogP contribution in [0.3, 0.4) is 0 Å². The number of pyridine rings is 1. The van der Waals surface area contributed by atoms with Crippen molar-refractivity contribution in [3.63, 3.8) is 0 Å². The molecule has 0 radical (unpaired) electrons. The minimum Gasteiger partial charge on any atom is -0.508 e. The Hall–Kier alpha value is -1.87. The van der Waals surface area contributed by atoms with Crippen LogP contribution in [0.25, 0.3) is 0 Å². The van der Waals surface area contributed by atoms with Gasteiger partial charge in [-0.05, 0) is 85.5 Å². The van der Waals surface area contributed by atoms with E-state index >= 15 is 0 Å². The highest BCUT2D eigenvalue weighted by Gasteiger charge is 2.53. The molecule has 1 saturated carbocycles. The van der Waals surface area contributed by atoms with Gasteiger partial charge in [-0.1, -0.05) is 18.9 Å². The summed E-state index contributed by atoms with van der Waals surface area (Å²) in [6.45, 7) is 2.34. The second kappa shape index (κ2) is 6.38. The van der Waals surface area contributed by atoms with Gasteiger partial charge in [-0.3, -0.25) is 9.88 Å². The van der Waals surface area contributed by atoms with Gasteiger partial charge in [0.15, 0.2) is 0 Å². The van der Waals surface area contributed by atoms with Gasteiger partial charge in [0.25, 0.3) is 0 Å². The molecule has 136 valence electrons. The van der Waals surface area contributed by atoms with E-state index in [1.165, 1.54) is 55.3 Å². The van der Waals surface area contributed by atoms with Crippen LogP contribution in [0.15, 0.2) is 42.7 Å². The predicted octanol–water partition coefficient (Wildman–Crippen LogP) is 4.09. The molecule has 5 rings (SSSR count). The van der Waals surface area contributed by atoms with E-state index in [1.54, 1.807) is 0 Å². The number of aromatic hydroxyl groups is 1. The van der Waals surface area contributed by atoms with E-state index in [2.05, 4.69) is 34.1 Å². The fourth-order valence-corrected chi connectivity index (χ4v) is 6.17. The van der Waals surface area contributed by atoms with Gasteiger partial charge in [-0.25, -0.2) is 0 Å². The average Bonchev–Trinajstić information content (AvgIpc) is 2.69. The Kier molecular flexibility index (Phi) is 4.00. The number of aromatic nitrogens is 1. The maximum atomic E-state index is 10.1. The summed E-state index contributed by atoms with van der Waals surface area (Å²) in [5.74, 6) is 1.21. The lowest BCUT2D eigenvalue weighted by Gasteiger charge is -2.59. The summed E-state index contributed by atoms with van der Waals surface area (Å²) in [7, 11) is 0. The molecule has 1 aromatic heterocycles. The average molecular weight is 348 g/mol. The zero-order valence-electron chi connectivity index (χ0n) is 15.4. The van der Waals surface area contributed by atoms with Gasteiger partial charge in [0.05, 0.1) is 0 Å². The molecule has 1 aromatic carbocycles. The van der Waals surface area contributed by atoms with E-state index in [4.69, 9.17) is 0 Å². The minimum absolute atomic E-state index is 0.322. The van der Waals surface area contributed by atoms with Crippen molar-refractivity contribution in [2.75, 3.05) is 13.1 Å². The quantitative estimate of drug-likeness (QED) is 0.908. The normalized spacial score (nSPS) is 30.5. The lowest BCUT2D eigenvalue weighted by Crippen LogP contribution is -2.61. The Morgan fingerprint density at radius 3 is 2.88 bits per heavy atom. The van der Waals surface area contributed by atoms with Crippen molar-refractivity contribution < 1.29 is 5.11 Å². The minimum atomic E-state index is 0.322. The monoisotopic (exact) mass is 348 g/mol. The second-order valence-corrected chi connectivity index (χ2v) is 8.51. The maximum absolute atomic E-state index is 10.1. The Balaban J connectivity index is 1.45. The Morgan fingerprint density at radius 2 is 2.00 bits per heavy atom. The molecular formula is C23H28N2O. The van der Waals surface area contributed by atoms with Gasteiger partial charge in [0.2, 0.25) is 0 Å². The summed E-state index contributed by atoms with van der Waals surface area (Å²) in [5, 5.41) is 10.1. The van der Waals surface area contributed by atoms with Crippen molar-refractivity contribution in [1.82, 2.24) is 9.88 Å². The molecular weight excluding hydrogens is 320 g/mol. The summed E-state index contributed by atoms with van der Waals surface area (Å²) in [5.41, 5.74) is 4.68. The number of fused-ring (bicyclic) bond motifs is 1. The van der Waals surface area contributed by atoms with Crippen LogP contribution in [0.4, 0.5) is 0 Å². The topological polar surface area (TPSA) is 36.4 Å². The van der Waals surface area contributed by atoms with E-state index in [-0.39, 0.29) is 0 Å². The van der Waals surface area contributed by atoms with Crippen molar-refractivity contribution in [3.8, 4) is 5.75 Å². The van der Waals surface area contributed by atoms with Crippen LogP contribution in [0.1, 0.15) is 48.8 Å². The van der Waals surface area contributed by atoms with E-state index in [1.807, 2.05) is 18.5 Å². The fourth-order valence-electron chi connectivity index (χ4n) is 6.17. The zero-order chi connectivity index (χ0) is 17.6. The van der Waals surface area contributed by atoms with Crippen LogP contribution in [-0.2, 0) is 18.3 Å². The van der Waals surface area contributed by atoms with Gasteiger partial charge in [-0.15, -0.1) is 0 Å². The third kappa shape index (κ3) is 2.56. The third-order valence-electron chi connectivity index (χ3n) is 7.37. The van der Waals surface area contributed by atoms with Crippen molar-refractivity contribution in [2.24, 2.45) is 5.92 Å². The second-order valence-electron chi connectivity index (χ2n) is 8.51. The van der Waals surface area contributed by atoms with Crippen LogP contribution in [0.5, 0.6) is 5.75 Å². The van der Waals surface area contributed by atoms with Crippen LogP contribution < -0.4 is 0 Å². The molecule has 26 heavy (non-hydrogen) atoms. The van der Waals surface area contributed by atoms with Crippen LogP contribution in [-0.4, -0.2) is 34.1 Å². The molecule has 1 aliphatic heterocycles. The first-order valence-electron chi connectivity index (χ1n) is 10.2. The number of hydrogen-bond acceptors (Lipinski definition) is 3. The lowest BCUT2D eigenvalue weighted by molar-refractivity contribution is -0.0106. The molecule has 2 aliphatic carbocycles. The fraction of sp³-hybridized carbons (Fsp3) is 0.522. The molecule has 2 heterocycles. The summed E-state index contributed by atoms with van der Waals surface area (Å²) >= 11 is 0. The van der Waals surface area contributed by atoms with Crippen molar-refractivity contribution >= 4 is 0 Å². The molecule has 0 unspecified atom stereocenters. The Morgan fingerprint density at radius 1 is 1.12 bits per heavy atom. The van der Waals surface area contributed by atoms with E-state index in [0.717, 1.165) is 25.3 Å². The molecule has 2 fully saturated rings. The molecule has 0 amide bonds. The molecule has 3 atom stereocenters. The van der Waals surface area contributed by atoms with Crippen LogP contribution in [0, 0.1) is 5.92 Å². The first-order valence-corrected chi connectivity index (χ1v) is 10.2. The molecule has 3 heteroatoms. The van der Waals surface area contributed by atoms with E-state index < -0.39 is 0 Å². The smallest absolute Gasteiger partial charge is 0.115 e. The van der Waals surface area contributed by atoms with Gasteiger partial charge < -0.3 is 5.11 Å². The summed E-state index contributed by atoms with van der Waals surface area (Å²) in [6.07, 6.45) is 12.7.